The zero-order valence-corrected chi connectivity index (χ0v) is 13.2. The predicted molar refractivity (Wildman–Crippen MR) is 83.2 cm³/mol. The maximum absolute atomic E-state index is 6.26. The van der Waals surface area contributed by atoms with Crippen LogP contribution in [0.3, 0.4) is 0 Å². The molecule has 1 aliphatic carbocycles. The lowest BCUT2D eigenvalue weighted by Gasteiger charge is -2.48. The maximum Gasteiger partial charge on any atom is 0.0334 e. The highest BCUT2D eigenvalue weighted by molar-refractivity contribution is 4.97. The number of rotatable bonds is 4. The van der Waals surface area contributed by atoms with Gasteiger partial charge in [0.05, 0.1) is 0 Å². The fourth-order valence-electron chi connectivity index (χ4n) is 4.46. The van der Waals surface area contributed by atoms with Crippen molar-refractivity contribution in [2.24, 2.45) is 17.6 Å². The first-order valence-electron chi connectivity index (χ1n) is 8.69. The van der Waals surface area contributed by atoms with E-state index in [1.165, 1.54) is 70.9 Å². The highest BCUT2D eigenvalue weighted by Crippen LogP contribution is 2.39. The summed E-state index contributed by atoms with van der Waals surface area (Å²) in [7, 11) is 0. The molecular formula is C17H34N2. The molecule has 0 aromatic rings. The van der Waals surface area contributed by atoms with Gasteiger partial charge in [0.1, 0.15) is 0 Å². The fourth-order valence-corrected chi connectivity index (χ4v) is 4.46. The van der Waals surface area contributed by atoms with Crippen molar-refractivity contribution in [1.82, 2.24) is 4.90 Å². The zero-order chi connectivity index (χ0) is 13.7. The molecule has 2 aliphatic rings. The summed E-state index contributed by atoms with van der Waals surface area (Å²) in [4.78, 5) is 2.80. The van der Waals surface area contributed by atoms with Gasteiger partial charge in [0.2, 0.25) is 0 Å². The molecule has 19 heavy (non-hydrogen) atoms. The third kappa shape index (κ3) is 3.52. The van der Waals surface area contributed by atoms with E-state index in [1.54, 1.807) is 0 Å². The molecule has 2 fully saturated rings. The van der Waals surface area contributed by atoms with Gasteiger partial charge >= 0.3 is 0 Å². The summed E-state index contributed by atoms with van der Waals surface area (Å²) in [5, 5.41) is 0. The lowest BCUT2D eigenvalue weighted by Crippen LogP contribution is -2.56. The largest absolute Gasteiger partial charge is 0.329 e. The van der Waals surface area contributed by atoms with E-state index in [1.807, 2.05) is 0 Å². The van der Waals surface area contributed by atoms with Crippen LogP contribution in [0.25, 0.3) is 0 Å². The van der Waals surface area contributed by atoms with Crippen molar-refractivity contribution >= 4 is 0 Å². The van der Waals surface area contributed by atoms with Crippen molar-refractivity contribution in [3.63, 3.8) is 0 Å². The minimum atomic E-state index is 0.349. The molecule has 0 aromatic heterocycles. The predicted octanol–water partition coefficient (Wildman–Crippen LogP) is 3.80. The van der Waals surface area contributed by atoms with E-state index in [9.17, 15) is 0 Å². The molecule has 3 atom stereocenters. The van der Waals surface area contributed by atoms with Gasteiger partial charge < -0.3 is 5.73 Å². The Morgan fingerprint density at radius 2 is 1.74 bits per heavy atom. The van der Waals surface area contributed by atoms with E-state index in [4.69, 9.17) is 5.73 Å². The molecule has 0 bridgehead atoms. The molecule has 1 aliphatic heterocycles. The first kappa shape index (κ1) is 15.3. The summed E-state index contributed by atoms with van der Waals surface area (Å²) in [6.07, 6.45) is 12.5. The van der Waals surface area contributed by atoms with Gasteiger partial charge in [0, 0.05) is 12.1 Å². The van der Waals surface area contributed by atoms with Gasteiger partial charge in [-0.1, -0.05) is 39.5 Å². The van der Waals surface area contributed by atoms with Gasteiger partial charge in [-0.2, -0.15) is 0 Å². The summed E-state index contributed by atoms with van der Waals surface area (Å²) in [6.45, 7) is 8.18. The lowest BCUT2D eigenvalue weighted by molar-refractivity contribution is 0.0365. The zero-order valence-electron chi connectivity index (χ0n) is 13.2. The number of hydrogen-bond acceptors (Lipinski definition) is 2. The van der Waals surface area contributed by atoms with Crippen molar-refractivity contribution in [2.45, 2.75) is 77.2 Å². The second-order valence-corrected chi connectivity index (χ2v) is 6.99. The molecule has 1 saturated carbocycles. The SMILES string of the molecule is CCC1CCCN(C2(CN)CCCC(CC)C2)CC1. The Hall–Kier alpha value is -0.0800. The monoisotopic (exact) mass is 266 g/mol. The second kappa shape index (κ2) is 7.08. The molecule has 1 saturated heterocycles. The minimum Gasteiger partial charge on any atom is -0.329 e. The van der Waals surface area contributed by atoms with Crippen molar-refractivity contribution < 1.29 is 0 Å². The normalized spacial score (nSPS) is 38.1. The third-order valence-corrected chi connectivity index (χ3v) is 5.98. The Bertz CT molecular complexity index is 266. The van der Waals surface area contributed by atoms with Gasteiger partial charge in [-0.3, -0.25) is 4.90 Å². The van der Waals surface area contributed by atoms with Crippen LogP contribution in [-0.2, 0) is 0 Å². The van der Waals surface area contributed by atoms with Gasteiger partial charge in [-0.15, -0.1) is 0 Å². The topological polar surface area (TPSA) is 29.3 Å². The standard InChI is InChI=1S/C17H34N2/c1-3-15-8-6-11-19(12-9-15)17(14-18)10-5-7-16(4-2)13-17/h15-16H,3-14,18H2,1-2H3. The lowest BCUT2D eigenvalue weighted by atomic mass is 9.73. The first-order valence-corrected chi connectivity index (χ1v) is 8.69. The molecule has 0 aromatic carbocycles. The van der Waals surface area contributed by atoms with Crippen molar-refractivity contribution in [3.05, 3.63) is 0 Å². The molecule has 2 heteroatoms. The summed E-state index contributed by atoms with van der Waals surface area (Å²) >= 11 is 0. The number of likely N-dealkylation sites (tertiary alicyclic amines) is 1. The number of nitrogens with zero attached hydrogens (tertiary/aromatic N) is 1. The maximum atomic E-state index is 6.26. The Morgan fingerprint density at radius 1 is 1.00 bits per heavy atom. The van der Waals surface area contributed by atoms with Crippen LogP contribution in [0.1, 0.15) is 71.6 Å². The van der Waals surface area contributed by atoms with Gasteiger partial charge in [-0.25, -0.2) is 0 Å². The Kier molecular flexibility index (Phi) is 5.70. The van der Waals surface area contributed by atoms with Crippen LogP contribution >= 0.6 is 0 Å². The average molecular weight is 266 g/mol. The smallest absolute Gasteiger partial charge is 0.0334 e. The molecule has 0 spiro atoms. The first-order chi connectivity index (χ1) is 9.24. The van der Waals surface area contributed by atoms with Crippen LogP contribution in [0.15, 0.2) is 0 Å². The van der Waals surface area contributed by atoms with Crippen LogP contribution in [0.4, 0.5) is 0 Å². The number of nitrogens with two attached hydrogens (primary N) is 1. The summed E-state index contributed by atoms with van der Waals surface area (Å²) < 4.78 is 0. The molecule has 0 radical (unpaired) electrons. The van der Waals surface area contributed by atoms with E-state index >= 15 is 0 Å². The summed E-state index contributed by atoms with van der Waals surface area (Å²) in [6, 6.07) is 0. The fraction of sp³-hybridized carbons (Fsp3) is 1.00. The van der Waals surface area contributed by atoms with E-state index in [0.717, 1.165) is 18.4 Å². The van der Waals surface area contributed by atoms with Crippen LogP contribution in [0.2, 0.25) is 0 Å². The van der Waals surface area contributed by atoms with E-state index in [-0.39, 0.29) is 0 Å². The molecule has 2 N–H and O–H groups in total. The van der Waals surface area contributed by atoms with Crippen molar-refractivity contribution in [2.75, 3.05) is 19.6 Å². The highest BCUT2D eigenvalue weighted by atomic mass is 15.2. The average Bonchev–Trinajstić information content (AvgIpc) is 2.73. The van der Waals surface area contributed by atoms with Crippen LogP contribution in [-0.4, -0.2) is 30.1 Å². The quantitative estimate of drug-likeness (QED) is 0.838. The second-order valence-electron chi connectivity index (χ2n) is 6.99. The Balaban J connectivity index is 2.03. The third-order valence-electron chi connectivity index (χ3n) is 5.98. The van der Waals surface area contributed by atoms with Crippen LogP contribution < -0.4 is 5.73 Å². The summed E-state index contributed by atoms with van der Waals surface area (Å²) in [5.41, 5.74) is 6.61. The summed E-state index contributed by atoms with van der Waals surface area (Å²) in [5.74, 6) is 1.88. The van der Waals surface area contributed by atoms with E-state index in [0.29, 0.717) is 5.54 Å². The van der Waals surface area contributed by atoms with E-state index < -0.39 is 0 Å². The Morgan fingerprint density at radius 3 is 2.42 bits per heavy atom. The molecule has 2 nitrogen and oxygen atoms in total. The molecule has 1 heterocycles. The highest BCUT2D eigenvalue weighted by Gasteiger charge is 2.40. The molecule has 2 rings (SSSR count). The molecule has 0 amide bonds. The van der Waals surface area contributed by atoms with Crippen molar-refractivity contribution in [1.29, 1.82) is 0 Å². The Labute approximate surface area is 120 Å². The van der Waals surface area contributed by atoms with Gasteiger partial charge in [0.15, 0.2) is 0 Å². The van der Waals surface area contributed by atoms with Crippen LogP contribution in [0, 0.1) is 11.8 Å². The van der Waals surface area contributed by atoms with Crippen LogP contribution in [0.5, 0.6) is 0 Å². The van der Waals surface area contributed by atoms with Gasteiger partial charge in [0.25, 0.3) is 0 Å². The minimum absolute atomic E-state index is 0.349. The van der Waals surface area contributed by atoms with Gasteiger partial charge in [-0.05, 0) is 57.0 Å². The molecular weight excluding hydrogens is 232 g/mol. The van der Waals surface area contributed by atoms with E-state index in [2.05, 4.69) is 18.7 Å². The number of hydrogen-bond donors (Lipinski definition) is 1. The van der Waals surface area contributed by atoms with Crippen molar-refractivity contribution in [3.8, 4) is 0 Å². The molecule has 3 unspecified atom stereocenters. The molecule has 112 valence electrons.